The quantitative estimate of drug-likeness (QED) is 0.303. The fourth-order valence-corrected chi connectivity index (χ4v) is 4.38. The van der Waals surface area contributed by atoms with Crippen molar-refractivity contribution in [3.05, 3.63) is 106 Å². The van der Waals surface area contributed by atoms with Crippen molar-refractivity contribution < 1.29 is 20.1 Å². The van der Waals surface area contributed by atoms with Crippen molar-refractivity contribution >= 4 is 11.6 Å². The second-order valence-electron chi connectivity index (χ2n) is 8.49. The van der Waals surface area contributed by atoms with Crippen molar-refractivity contribution in [2.24, 2.45) is 0 Å². The molecule has 0 spiro atoms. The highest BCUT2D eigenvalue weighted by Crippen LogP contribution is 2.36. The van der Waals surface area contributed by atoms with Crippen molar-refractivity contribution in [3.63, 3.8) is 0 Å². The van der Waals surface area contributed by atoms with Crippen molar-refractivity contribution in [3.8, 4) is 51.1 Å². The number of nitrogens with zero attached hydrogens (tertiary/aromatic N) is 3. The van der Waals surface area contributed by atoms with Gasteiger partial charge in [-0.1, -0.05) is 36.4 Å². The van der Waals surface area contributed by atoms with Gasteiger partial charge < -0.3 is 15.3 Å². The summed E-state index contributed by atoms with van der Waals surface area (Å²) in [6.07, 6.45) is 0. The molecule has 8 heteroatoms. The maximum atomic E-state index is 12.3. The summed E-state index contributed by atoms with van der Waals surface area (Å²) in [5.74, 6) is -1.01. The van der Waals surface area contributed by atoms with E-state index in [0.29, 0.717) is 33.6 Å². The monoisotopic (exact) mass is 489 g/mol. The van der Waals surface area contributed by atoms with Crippen LogP contribution in [0.3, 0.4) is 0 Å². The van der Waals surface area contributed by atoms with Gasteiger partial charge in [0.15, 0.2) is 5.65 Å². The van der Waals surface area contributed by atoms with E-state index in [4.69, 9.17) is 0 Å². The molecule has 0 atom stereocenters. The lowest BCUT2D eigenvalue weighted by molar-refractivity contribution is 0.0697. The number of nitriles is 1. The van der Waals surface area contributed by atoms with Gasteiger partial charge >= 0.3 is 5.97 Å². The van der Waals surface area contributed by atoms with Crippen LogP contribution >= 0.6 is 0 Å². The van der Waals surface area contributed by atoms with Crippen LogP contribution < -0.4 is 5.56 Å². The minimum absolute atomic E-state index is 0.0267. The molecule has 0 aliphatic heterocycles. The molecule has 37 heavy (non-hydrogen) atoms. The lowest BCUT2D eigenvalue weighted by atomic mass is 9.96. The summed E-state index contributed by atoms with van der Waals surface area (Å²) in [7, 11) is 0. The van der Waals surface area contributed by atoms with Crippen LogP contribution in [0.2, 0.25) is 0 Å². The normalized spacial score (nSPS) is 10.8. The topological polar surface area (TPSA) is 136 Å². The van der Waals surface area contributed by atoms with Gasteiger partial charge in [-0.25, -0.2) is 4.79 Å². The molecule has 0 amide bonds. The molecule has 2 heterocycles. The number of benzene rings is 3. The number of carbonyl (C=O) groups is 1. The molecular formula is C29H19N3O5. The number of carboxylic acid groups (broad SMARTS) is 1. The summed E-state index contributed by atoms with van der Waals surface area (Å²) in [6, 6.07) is 23.0. The Morgan fingerprint density at radius 3 is 2.14 bits per heavy atom. The highest BCUT2D eigenvalue weighted by Gasteiger charge is 2.18. The Kier molecular flexibility index (Phi) is 5.66. The zero-order valence-corrected chi connectivity index (χ0v) is 19.5. The Hall–Kier alpha value is -5.42. The Labute approximate surface area is 210 Å². The molecule has 2 aromatic heterocycles. The summed E-state index contributed by atoms with van der Waals surface area (Å²) in [5.41, 5.74) is 4.25. The molecule has 0 aliphatic rings. The molecule has 5 aromatic rings. The van der Waals surface area contributed by atoms with E-state index >= 15 is 0 Å². The van der Waals surface area contributed by atoms with E-state index in [2.05, 4.69) is 11.1 Å². The van der Waals surface area contributed by atoms with E-state index < -0.39 is 11.5 Å². The van der Waals surface area contributed by atoms with Crippen molar-refractivity contribution in [2.75, 3.05) is 0 Å². The molecule has 0 bridgehead atoms. The van der Waals surface area contributed by atoms with Crippen LogP contribution in [-0.2, 0) is 0 Å². The predicted octanol–water partition coefficient (Wildman–Crippen LogP) is 4.99. The van der Waals surface area contributed by atoms with Crippen LogP contribution in [0.1, 0.15) is 21.6 Å². The van der Waals surface area contributed by atoms with Crippen LogP contribution in [0, 0.1) is 18.3 Å². The molecule has 0 saturated carbocycles. The first-order chi connectivity index (χ1) is 17.8. The standard InChI is InChI=1S/C29H19N3O5/c1-16-12-27(35)31-28-24(15-30)22(17-4-8-20(9-5-17)29(36)37)14-25(32(16)28)19-6-2-18(3-7-19)23-13-21(33)10-11-26(23)34/h2-14,33-34H,1H3,(H,36,37). The first-order valence-corrected chi connectivity index (χ1v) is 11.2. The number of fused-ring (bicyclic) bond motifs is 1. The van der Waals surface area contributed by atoms with Gasteiger partial charge in [0.25, 0.3) is 5.56 Å². The van der Waals surface area contributed by atoms with Gasteiger partial charge in [0.2, 0.25) is 0 Å². The number of carboxylic acids is 1. The molecule has 0 fully saturated rings. The Bertz CT molecular complexity index is 1800. The summed E-state index contributed by atoms with van der Waals surface area (Å²) >= 11 is 0. The van der Waals surface area contributed by atoms with E-state index in [-0.39, 0.29) is 28.3 Å². The number of phenolic OH excluding ortho intramolecular Hbond substituents is 2. The fraction of sp³-hybridized carbons (Fsp3) is 0.0345. The van der Waals surface area contributed by atoms with Crippen molar-refractivity contribution in [2.45, 2.75) is 6.92 Å². The first-order valence-electron chi connectivity index (χ1n) is 11.2. The first kappa shape index (κ1) is 23.3. The molecule has 3 aromatic carbocycles. The number of aromatic carboxylic acids is 1. The molecule has 0 unspecified atom stereocenters. The summed E-state index contributed by atoms with van der Waals surface area (Å²) in [4.78, 5) is 27.7. The Morgan fingerprint density at radius 2 is 1.49 bits per heavy atom. The van der Waals surface area contributed by atoms with Crippen LogP contribution in [0.5, 0.6) is 11.5 Å². The molecular weight excluding hydrogens is 470 g/mol. The third kappa shape index (κ3) is 4.15. The lowest BCUT2D eigenvalue weighted by Crippen LogP contribution is -2.14. The number of pyridine rings is 1. The van der Waals surface area contributed by atoms with E-state index in [1.54, 1.807) is 41.7 Å². The van der Waals surface area contributed by atoms with Gasteiger partial charge in [-0.2, -0.15) is 10.2 Å². The maximum Gasteiger partial charge on any atom is 0.335 e. The van der Waals surface area contributed by atoms with Crippen LogP contribution in [0.15, 0.2) is 83.7 Å². The number of aromatic hydroxyl groups is 2. The van der Waals surface area contributed by atoms with Crippen molar-refractivity contribution in [1.29, 1.82) is 5.26 Å². The molecule has 0 radical (unpaired) electrons. The van der Waals surface area contributed by atoms with E-state index in [9.17, 15) is 30.2 Å². The Balaban J connectivity index is 1.75. The average Bonchev–Trinajstić information content (AvgIpc) is 2.89. The SMILES string of the molecule is Cc1cc(=O)nc2c(C#N)c(-c3ccc(C(=O)O)cc3)cc(-c3ccc(-c4cc(O)ccc4O)cc3)n12. The third-order valence-corrected chi connectivity index (χ3v) is 6.15. The smallest absolute Gasteiger partial charge is 0.335 e. The second kappa shape index (κ2) is 8.98. The van der Waals surface area contributed by atoms with E-state index in [0.717, 1.165) is 5.56 Å². The molecule has 8 nitrogen and oxygen atoms in total. The number of hydrogen-bond donors (Lipinski definition) is 3. The van der Waals surface area contributed by atoms with Crippen LogP contribution in [0.25, 0.3) is 39.2 Å². The van der Waals surface area contributed by atoms with Gasteiger partial charge in [0, 0.05) is 22.9 Å². The summed E-state index contributed by atoms with van der Waals surface area (Å²) in [5, 5.41) is 39.3. The van der Waals surface area contributed by atoms with E-state index in [1.807, 2.05) is 12.1 Å². The highest BCUT2D eigenvalue weighted by atomic mass is 16.4. The Morgan fingerprint density at radius 1 is 0.865 bits per heavy atom. The summed E-state index contributed by atoms with van der Waals surface area (Å²) < 4.78 is 1.73. The largest absolute Gasteiger partial charge is 0.508 e. The van der Waals surface area contributed by atoms with Crippen LogP contribution in [0.4, 0.5) is 0 Å². The number of hydrogen-bond acceptors (Lipinski definition) is 6. The number of aryl methyl sites for hydroxylation is 1. The lowest BCUT2D eigenvalue weighted by Gasteiger charge is -2.17. The second-order valence-corrected chi connectivity index (χ2v) is 8.49. The highest BCUT2D eigenvalue weighted by molar-refractivity contribution is 5.89. The minimum atomic E-state index is -1.06. The third-order valence-electron chi connectivity index (χ3n) is 6.15. The number of aromatic nitrogens is 2. The number of phenols is 2. The molecule has 0 aliphatic carbocycles. The summed E-state index contributed by atoms with van der Waals surface area (Å²) in [6.45, 7) is 1.75. The van der Waals surface area contributed by atoms with Gasteiger partial charge in [-0.05, 0) is 60.0 Å². The zero-order chi connectivity index (χ0) is 26.3. The van der Waals surface area contributed by atoms with Gasteiger partial charge in [-0.3, -0.25) is 9.20 Å². The van der Waals surface area contributed by atoms with Crippen LogP contribution in [-0.4, -0.2) is 30.7 Å². The average molecular weight is 489 g/mol. The predicted molar refractivity (Wildman–Crippen MR) is 138 cm³/mol. The molecule has 5 rings (SSSR count). The number of rotatable bonds is 4. The molecule has 3 N–H and O–H groups in total. The maximum absolute atomic E-state index is 12.3. The minimum Gasteiger partial charge on any atom is -0.508 e. The van der Waals surface area contributed by atoms with Crippen molar-refractivity contribution in [1.82, 2.24) is 9.38 Å². The van der Waals surface area contributed by atoms with Gasteiger partial charge in [-0.15, -0.1) is 0 Å². The fourth-order valence-electron chi connectivity index (χ4n) is 4.38. The zero-order valence-electron chi connectivity index (χ0n) is 19.5. The molecule has 180 valence electrons. The molecule has 0 saturated heterocycles. The van der Waals surface area contributed by atoms with E-state index in [1.165, 1.54) is 36.4 Å². The van der Waals surface area contributed by atoms with Gasteiger partial charge in [0.1, 0.15) is 23.1 Å². The van der Waals surface area contributed by atoms with Gasteiger partial charge in [0.05, 0.1) is 11.3 Å².